The number of rotatable bonds is 2. The van der Waals surface area contributed by atoms with Gasteiger partial charge in [0, 0.05) is 5.92 Å². The van der Waals surface area contributed by atoms with Gasteiger partial charge in [-0.05, 0) is 35.4 Å². The second kappa shape index (κ2) is 4.62. The molecule has 2 aromatic rings. The van der Waals surface area contributed by atoms with E-state index in [2.05, 4.69) is 0 Å². The fourth-order valence-corrected chi connectivity index (χ4v) is 1.62. The quantitative estimate of drug-likeness (QED) is 0.735. The molecule has 0 aliphatic carbocycles. The summed E-state index contributed by atoms with van der Waals surface area (Å²) < 4.78 is 38.9. The molecule has 0 atom stereocenters. The third kappa shape index (κ3) is 2.49. The van der Waals surface area contributed by atoms with Gasteiger partial charge in [0.25, 0.3) is 0 Å². The van der Waals surface area contributed by atoms with Gasteiger partial charge in [0.2, 0.25) is 0 Å². The van der Waals surface area contributed by atoms with E-state index in [1.54, 1.807) is 19.1 Å². The van der Waals surface area contributed by atoms with Gasteiger partial charge in [-0.15, -0.1) is 0 Å². The van der Waals surface area contributed by atoms with Crippen LogP contribution in [0.15, 0.2) is 42.5 Å². The zero-order chi connectivity index (χ0) is 12.4. The molecule has 0 aliphatic rings. The lowest BCUT2D eigenvalue weighted by Crippen LogP contribution is -1.99. The Kier molecular flexibility index (Phi) is 3.18. The highest BCUT2D eigenvalue weighted by molar-refractivity contribution is 5.44. The molecule has 3 heteroatoms. The molecule has 0 unspecified atom stereocenters. The molecule has 0 fully saturated rings. The minimum atomic E-state index is -0.904. The maximum absolute atomic E-state index is 13.1. The summed E-state index contributed by atoms with van der Waals surface area (Å²) in [4.78, 5) is 0. The molecule has 0 saturated heterocycles. The Hall–Kier alpha value is -1.77. The van der Waals surface area contributed by atoms with Gasteiger partial charge < -0.3 is 0 Å². The highest BCUT2D eigenvalue weighted by Gasteiger charge is 2.12. The van der Waals surface area contributed by atoms with Crippen molar-refractivity contribution in [3.63, 3.8) is 0 Å². The third-order valence-electron chi connectivity index (χ3n) is 2.61. The largest absolute Gasteiger partial charge is 0.207 e. The first kappa shape index (κ1) is 11.7. The van der Waals surface area contributed by atoms with Gasteiger partial charge >= 0.3 is 0 Å². The van der Waals surface area contributed by atoms with Crippen LogP contribution in [-0.2, 0) is 0 Å². The van der Waals surface area contributed by atoms with E-state index in [0.29, 0.717) is 17.0 Å². The monoisotopic (exact) mass is 235 g/mol. The third-order valence-corrected chi connectivity index (χ3v) is 2.61. The predicted molar refractivity (Wildman–Crippen MR) is 59.9 cm³/mol. The molecular weight excluding hydrogens is 225 g/mol. The van der Waals surface area contributed by atoms with Crippen LogP contribution < -0.4 is 0 Å². The first-order valence-corrected chi connectivity index (χ1v) is 5.13. The molecule has 17 heavy (non-hydrogen) atoms. The van der Waals surface area contributed by atoms with E-state index in [1.807, 2.05) is 0 Å². The summed E-state index contributed by atoms with van der Waals surface area (Å²) >= 11 is 0. The molecule has 0 aliphatic heterocycles. The van der Waals surface area contributed by atoms with Crippen LogP contribution in [0.25, 0.3) is 0 Å². The fraction of sp³-hybridized carbons (Fsp3) is 0.0714. The summed E-state index contributed by atoms with van der Waals surface area (Å²) in [5, 5.41) is 0. The Morgan fingerprint density at radius 3 is 2.18 bits per heavy atom. The van der Waals surface area contributed by atoms with Crippen molar-refractivity contribution in [3.05, 3.63) is 77.0 Å². The molecule has 87 valence electrons. The number of halogens is 3. The second-order valence-electron chi connectivity index (χ2n) is 3.76. The molecule has 0 heterocycles. The van der Waals surface area contributed by atoms with Crippen molar-refractivity contribution in [3.8, 4) is 0 Å². The lowest BCUT2D eigenvalue weighted by atomic mass is 9.93. The minimum Gasteiger partial charge on any atom is -0.207 e. The van der Waals surface area contributed by atoms with Gasteiger partial charge in [-0.1, -0.05) is 25.1 Å². The first-order chi connectivity index (χ1) is 8.08. The Labute approximate surface area is 97.7 Å². The molecule has 0 saturated carbocycles. The first-order valence-electron chi connectivity index (χ1n) is 5.13. The average Bonchev–Trinajstić information content (AvgIpc) is 2.32. The maximum atomic E-state index is 13.1. The fourth-order valence-electron chi connectivity index (χ4n) is 1.62. The van der Waals surface area contributed by atoms with Crippen LogP contribution in [0.4, 0.5) is 13.2 Å². The Bertz CT molecular complexity index is 535. The van der Waals surface area contributed by atoms with Crippen molar-refractivity contribution in [2.75, 3.05) is 0 Å². The predicted octanol–water partition coefficient (Wildman–Crippen LogP) is 4.09. The Balaban J connectivity index is 2.36. The summed E-state index contributed by atoms with van der Waals surface area (Å²) in [5.41, 5.74) is 1.19. The topological polar surface area (TPSA) is 0 Å². The summed E-state index contributed by atoms with van der Waals surface area (Å²) in [6.45, 7) is 1.74. The van der Waals surface area contributed by atoms with E-state index in [0.717, 1.165) is 12.1 Å². The zero-order valence-electron chi connectivity index (χ0n) is 9.18. The second-order valence-corrected chi connectivity index (χ2v) is 3.76. The van der Waals surface area contributed by atoms with Crippen molar-refractivity contribution < 1.29 is 13.2 Å². The van der Waals surface area contributed by atoms with Crippen LogP contribution in [0.1, 0.15) is 18.1 Å². The van der Waals surface area contributed by atoms with Crippen molar-refractivity contribution in [1.82, 2.24) is 0 Å². The number of hydrogen-bond donors (Lipinski definition) is 0. The minimum absolute atomic E-state index is 0.357. The average molecular weight is 235 g/mol. The van der Waals surface area contributed by atoms with Crippen molar-refractivity contribution in [1.29, 1.82) is 0 Å². The van der Waals surface area contributed by atoms with Crippen LogP contribution in [-0.4, -0.2) is 0 Å². The summed E-state index contributed by atoms with van der Waals surface area (Å²) in [6.07, 6.45) is 0. The van der Waals surface area contributed by atoms with Crippen LogP contribution in [0, 0.1) is 23.4 Å². The molecule has 0 spiro atoms. The molecule has 1 radical (unpaired) electrons. The van der Waals surface area contributed by atoms with Crippen LogP contribution in [0.2, 0.25) is 0 Å². The summed E-state index contributed by atoms with van der Waals surface area (Å²) in [5.74, 6) is -1.45. The smallest absolute Gasteiger partial charge is 0.159 e. The van der Waals surface area contributed by atoms with E-state index in [-0.39, 0.29) is 5.82 Å². The van der Waals surface area contributed by atoms with Crippen LogP contribution >= 0.6 is 0 Å². The molecule has 0 bridgehead atoms. The van der Waals surface area contributed by atoms with Crippen LogP contribution in [0.5, 0.6) is 0 Å². The van der Waals surface area contributed by atoms with E-state index in [1.165, 1.54) is 18.2 Å². The molecule has 0 N–H and O–H groups in total. The molecule has 0 aromatic heterocycles. The van der Waals surface area contributed by atoms with Crippen molar-refractivity contribution in [2.24, 2.45) is 0 Å². The SMILES string of the molecule is C[C](c1cccc(F)c1)c1ccc(F)c(F)c1. The van der Waals surface area contributed by atoms with E-state index < -0.39 is 11.6 Å². The summed E-state index contributed by atoms with van der Waals surface area (Å²) in [6, 6.07) is 9.63. The normalized spacial score (nSPS) is 10.9. The van der Waals surface area contributed by atoms with Gasteiger partial charge in [-0.2, -0.15) is 0 Å². The summed E-state index contributed by atoms with van der Waals surface area (Å²) in [7, 11) is 0. The maximum Gasteiger partial charge on any atom is 0.159 e. The van der Waals surface area contributed by atoms with E-state index in [9.17, 15) is 13.2 Å². The van der Waals surface area contributed by atoms with Gasteiger partial charge in [-0.3, -0.25) is 0 Å². The molecule has 0 nitrogen and oxygen atoms in total. The lowest BCUT2D eigenvalue weighted by molar-refractivity contribution is 0.507. The lowest BCUT2D eigenvalue weighted by Gasteiger charge is -2.11. The van der Waals surface area contributed by atoms with E-state index >= 15 is 0 Å². The zero-order valence-corrected chi connectivity index (χ0v) is 9.18. The Morgan fingerprint density at radius 2 is 1.53 bits per heavy atom. The van der Waals surface area contributed by atoms with Gasteiger partial charge in [0.15, 0.2) is 11.6 Å². The van der Waals surface area contributed by atoms with Crippen molar-refractivity contribution >= 4 is 0 Å². The number of benzene rings is 2. The highest BCUT2D eigenvalue weighted by atomic mass is 19.2. The van der Waals surface area contributed by atoms with Crippen LogP contribution in [0.3, 0.4) is 0 Å². The Morgan fingerprint density at radius 1 is 0.824 bits per heavy atom. The molecule has 0 amide bonds. The number of hydrogen-bond acceptors (Lipinski definition) is 0. The van der Waals surface area contributed by atoms with Crippen molar-refractivity contribution in [2.45, 2.75) is 6.92 Å². The highest BCUT2D eigenvalue weighted by Crippen LogP contribution is 2.24. The van der Waals surface area contributed by atoms with E-state index in [4.69, 9.17) is 0 Å². The van der Waals surface area contributed by atoms with Gasteiger partial charge in [-0.25, -0.2) is 13.2 Å². The molecule has 2 rings (SSSR count). The van der Waals surface area contributed by atoms with Gasteiger partial charge in [0.1, 0.15) is 5.82 Å². The molecular formula is C14H10F3. The standard InChI is InChI=1S/C14H10F3/c1-9(10-3-2-4-12(15)7-10)11-5-6-13(16)14(17)8-11/h2-8H,1H3. The van der Waals surface area contributed by atoms with Gasteiger partial charge in [0.05, 0.1) is 0 Å². The molecule has 2 aromatic carbocycles.